The van der Waals surface area contributed by atoms with E-state index in [2.05, 4.69) is 10.6 Å². The van der Waals surface area contributed by atoms with Crippen LogP contribution in [0.15, 0.2) is 71.3 Å². The maximum absolute atomic E-state index is 12.9. The molecule has 3 aromatic rings. The average molecular weight is 362 g/mol. The first-order valence-electron chi connectivity index (χ1n) is 8.79. The summed E-state index contributed by atoms with van der Waals surface area (Å²) in [5.41, 5.74) is 3.79. The van der Waals surface area contributed by atoms with Gasteiger partial charge in [-0.2, -0.15) is 0 Å². The zero-order chi connectivity index (χ0) is 19.2. The van der Waals surface area contributed by atoms with Gasteiger partial charge in [0, 0.05) is 12.1 Å². The van der Waals surface area contributed by atoms with Crippen molar-refractivity contribution >= 4 is 17.5 Å². The number of anilines is 1. The Morgan fingerprint density at radius 2 is 1.67 bits per heavy atom. The van der Waals surface area contributed by atoms with Gasteiger partial charge in [0.05, 0.1) is 6.26 Å². The van der Waals surface area contributed by atoms with Gasteiger partial charge in [0.1, 0.15) is 6.04 Å². The van der Waals surface area contributed by atoms with E-state index < -0.39 is 11.9 Å². The van der Waals surface area contributed by atoms with E-state index in [0.717, 1.165) is 16.7 Å². The van der Waals surface area contributed by atoms with Gasteiger partial charge in [-0.15, -0.1) is 0 Å². The highest BCUT2D eigenvalue weighted by Crippen LogP contribution is 2.15. The number of amides is 2. The third-order valence-electron chi connectivity index (χ3n) is 4.14. The molecule has 138 valence electrons. The maximum Gasteiger partial charge on any atom is 0.287 e. The first-order chi connectivity index (χ1) is 13.0. The van der Waals surface area contributed by atoms with Crippen molar-refractivity contribution in [3.05, 3.63) is 89.4 Å². The number of hydrogen-bond acceptors (Lipinski definition) is 3. The molecule has 5 heteroatoms. The van der Waals surface area contributed by atoms with Crippen molar-refractivity contribution in [2.75, 3.05) is 5.32 Å². The molecule has 1 heterocycles. The molecular weight excluding hydrogens is 340 g/mol. The third-order valence-corrected chi connectivity index (χ3v) is 4.14. The molecule has 0 saturated heterocycles. The quantitative estimate of drug-likeness (QED) is 0.699. The molecule has 2 amide bonds. The van der Waals surface area contributed by atoms with Crippen molar-refractivity contribution in [2.24, 2.45) is 0 Å². The van der Waals surface area contributed by atoms with E-state index in [1.165, 1.54) is 6.26 Å². The fraction of sp³-hybridized carbons (Fsp3) is 0.182. The highest BCUT2D eigenvalue weighted by molar-refractivity contribution is 6.00. The Bertz CT molecular complexity index is 898. The van der Waals surface area contributed by atoms with Crippen LogP contribution in [0, 0.1) is 13.8 Å². The second-order valence-corrected chi connectivity index (χ2v) is 6.56. The second-order valence-electron chi connectivity index (χ2n) is 6.56. The van der Waals surface area contributed by atoms with Crippen LogP contribution in [0.25, 0.3) is 0 Å². The largest absolute Gasteiger partial charge is 0.459 e. The number of carbonyl (C=O) groups is 2. The van der Waals surface area contributed by atoms with Crippen molar-refractivity contribution in [1.82, 2.24) is 5.32 Å². The summed E-state index contributed by atoms with van der Waals surface area (Å²) in [5.74, 6) is -0.521. The van der Waals surface area contributed by atoms with Gasteiger partial charge in [-0.05, 0) is 54.8 Å². The van der Waals surface area contributed by atoms with Crippen LogP contribution in [0.5, 0.6) is 0 Å². The van der Waals surface area contributed by atoms with Gasteiger partial charge in [-0.3, -0.25) is 9.59 Å². The van der Waals surface area contributed by atoms with Gasteiger partial charge in [0.15, 0.2) is 5.76 Å². The monoisotopic (exact) mass is 362 g/mol. The minimum Gasteiger partial charge on any atom is -0.459 e. The molecule has 0 spiro atoms. The smallest absolute Gasteiger partial charge is 0.287 e. The summed E-state index contributed by atoms with van der Waals surface area (Å²) in [5, 5.41) is 5.68. The third kappa shape index (κ3) is 5.07. The van der Waals surface area contributed by atoms with Crippen LogP contribution in [-0.2, 0) is 11.2 Å². The van der Waals surface area contributed by atoms with Crippen molar-refractivity contribution in [1.29, 1.82) is 0 Å². The summed E-state index contributed by atoms with van der Waals surface area (Å²) in [4.78, 5) is 25.3. The molecule has 0 aliphatic carbocycles. The van der Waals surface area contributed by atoms with Gasteiger partial charge < -0.3 is 15.1 Å². The number of furan rings is 1. The molecule has 2 aromatic carbocycles. The Morgan fingerprint density at radius 3 is 2.30 bits per heavy atom. The van der Waals surface area contributed by atoms with Crippen molar-refractivity contribution < 1.29 is 14.0 Å². The molecule has 27 heavy (non-hydrogen) atoms. The molecular formula is C22H22N2O3. The minimum absolute atomic E-state index is 0.173. The lowest BCUT2D eigenvalue weighted by atomic mass is 10.0. The predicted octanol–water partition coefficient (Wildman–Crippen LogP) is 3.88. The lowest BCUT2D eigenvalue weighted by Gasteiger charge is -2.18. The molecule has 0 fully saturated rings. The van der Waals surface area contributed by atoms with E-state index in [1.54, 1.807) is 12.1 Å². The second kappa shape index (κ2) is 8.36. The van der Waals surface area contributed by atoms with Crippen molar-refractivity contribution in [3.8, 4) is 0 Å². The number of carbonyl (C=O) groups excluding carboxylic acids is 2. The lowest BCUT2D eigenvalue weighted by molar-refractivity contribution is -0.118. The van der Waals surface area contributed by atoms with Crippen LogP contribution in [0.3, 0.4) is 0 Å². The van der Waals surface area contributed by atoms with Gasteiger partial charge in [-0.1, -0.05) is 36.4 Å². The SMILES string of the molecule is Cc1cc(C)cc(NC(=O)C(Cc2ccccc2)NC(=O)c2ccco2)c1. The minimum atomic E-state index is -0.731. The van der Waals surface area contributed by atoms with E-state index in [9.17, 15) is 9.59 Å². The van der Waals surface area contributed by atoms with E-state index in [1.807, 2.05) is 62.4 Å². The van der Waals surface area contributed by atoms with Gasteiger partial charge >= 0.3 is 0 Å². The summed E-state index contributed by atoms with van der Waals surface area (Å²) in [6.45, 7) is 3.95. The molecule has 0 aliphatic heterocycles. The zero-order valence-electron chi connectivity index (χ0n) is 15.4. The van der Waals surface area contributed by atoms with Gasteiger partial charge in [-0.25, -0.2) is 0 Å². The summed E-state index contributed by atoms with van der Waals surface area (Å²) < 4.78 is 5.13. The van der Waals surface area contributed by atoms with Crippen LogP contribution in [0.2, 0.25) is 0 Å². The molecule has 5 nitrogen and oxygen atoms in total. The molecule has 0 aliphatic rings. The van der Waals surface area contributed by atoms with E-state index in [-0.39, 0.29) is 11.7 Å². The van der Waals surface area contributed by atoms with Crippen LogP contribution < -0.4 is 10.6 Å². The molecule has 0 bridgehead atoms. The Morgan fingerprint density at radius 1 is 0.963 bits per heavy atom. The molecule has 1 unspecified atom stereocenters. The van der Waals surface area contributed by atoms with Gasteiger partial charge in [0.25, 0.3) is 5.91 Å². The fourth-order valence-corrected chi connectivity index (χ4v) is 2.97. The summed E-state index contributed by atoms with van der Waals surface area (Å²) in [6, 6.07) is 17.9. The topological polar surface area (TPSA) is 71.3 Å². The van der Waals surface area contributed by atoms with Crippen LogP contribution in [-0.4, -0.2) is 17.9 Å². The standard InChI is InChI=1S/C22H22N2O3/c1-15-11-16(2)13-18(12-15)23-21(25)19(14-17-7-4-3-5-8-17)24-22(26)20-9-6-10-27-20/h3-13,19H,14H2,1-2H3,(H,23,25)(H,24,26). The van der Waals surface area contributed by atoms with E-state index in [4.69, 9.17) is 4.42 Å². The molecule has 1 aromatic heterocycles. The van der Waals surface area contributed by atoms with Crippen LogP contribution in [0.1, 0.15) is 27.2 Å². The summed E-state index contributed by atoms with van der Waals surface area (Å²) in [7, 11) is 0. The number of rotatable bonds is 6. The number of nitrogens with one attached hydrogen (secondary N) is 2. The van der Waals surface area contributed by atoms with Crippen LogP contribution in [0.4, 0.5) is 5.69 Å². The Hall–Kier alpha value is -3.34. The molecule has 0 radical (unpaired) electrons. The van der Waals surface area contributed by atoms with E-state index >= 15 is 0 Å². The molecule has 1 atom stereocenters. The Kier molecular flexibility index (Phi) is 5.71. The molecule has 3 rings (SSSR count). The number of hydrogen-bond donors (Lipinski definition) is 2. The average Bonchev–Trinajstić information content (AvgIpc) is 3.16. The van der Waals surface area contributed by atoms with E-state index in [0.29, 0.717) is 12.1 Å². The first-order valence-corrected chi connectivity index (χ1v) is 8.79. The predicted molar refractivity (Wildman–Crippen MR) is 105 cm³/mol. The number of aryl methyl sites for hydroxylation is 2. The summed E-state index contributed by atoms with van der Waals surface area (Å²) in [6.07, 6.45) is 1.81. The maximum atomic E-state index is 12.9. The molecule has 0 saturated carbocycles. The lowest BCUT2D eigenvalue weighted by Crippen LogP contribution is -2.45. The normalized spacial score (nSPS) is 11.6. The Labute approximate surface area is 158 Å². The number of benzene rings is 2. The highest BCUT2D eigenvalue weighted by Gasteiger charge is 2.23. The van der Waals surface area contributed by atoms with Crippen molar-refractivity contribution in [2.45, 2.75) is 26.3 Å². The zero-order valence-corrected chi connectivity index (χ0v) is 15.4. The van der Waals surface area contributed by atoms with Gasteiger partial charge in [0.2, 0.25) is 5.91 Å². The van der Waals surface area contributed by atoms with Crippen molar-refractivity contribution in [3.63, 3.8) is 0 Å². The van der Waals surface area contributed by atoms with Crippen LogP contribution >= 0.6 is 0 Å². The highest BCUT2D eigenvalue weighted by atomic mass is 16.3. The first kappa shape index (κ1) is 18.5. The molecule has 2 N–H and O–H groups in total. The summed E-state index contributed by atoms with van der Waals surface area (Å²) >= 11 is 0. The fourth-order valence-electron chi connectivity index (χ4n) is 2.97. The Balaban J connectivity index is 1.79.